The fraction of sp³-hybridized carbons (Fsp3) is 0.154. The topological polar surface area (TPSA) is 52.8 Å². The van der Waals surface area contributed by atoms with Gasteiger partial charge in [-0.2, -0.15) is 5.26 Å². The molecule has 1 aromatic carbocycles. The van der Waals surface area contributed by atoms with Crippen molar-refractivity contribution in [2.75, 3.05) is 11.9 Å². The van der Waals surface area contributed by atoms with Crippen molar-refractivity contribution >= 4 is 17.4 Å². The molecule has 0 aliphatic carbocycles. The van der Waals surface area contributed by atoms with Gasteiger partial charge in [-0.05, 0) is 17.7 Å². The third kappa shape index (κ3) is 2.96. The predicted octanol–water partition coefficient (Wildman–Crippen LogP) is 2.64. The molecule has 2 rings (SSSR count). The molecule has 0 spiro atoms. The second-order valence-corrected chi connectivity index (χ2v) is 4.29. The molecule has 1 heterocycles. The summed E-state index contributed by atoms with van der Waals surface area (Å²) in [5.41, 5.74) is 1.49. The van der Waals surface area contributed by atoms with Crippen LogP contribution < -0.4 is 4.90 Å². The zero-order valence-electron chi connectivity index (χ0n) is 9.84. The molecule has 0 aliphatic heterocycles. The quantitative estimate of drug-likeness (QED) is 0.849. The molecule has 0 N–H and O–H groups in total. The molecule has 0 aliphatic rings. The van der Waals surface area contributed by atoms with Crippen molar-refractivity contribution in [3.05, 3.63) is 52.9 Å². The largest absolute Gasteiger partial charge is 0.355 e. The summed E-state index contributed by atoms with van der Waals surface area (Å²) in [6.45, 7) is 0.694. The minimum atomic E-state index is 0.364. The molecule has 0 radical (unpaired) electrons. The molecule has 90 valence electrons. The number of anilines is 1. The Balaban J connectivity index is 2.14. The Morgan fingerprint density at radius 3 is 2.67 bits per heavy atom. The lowest BCUT2D eigenvalue weighted by Gasteiger charge is -2.17. The molecule has 0 fully saturated rings. The maximum atomic E-state index is 8.79. The zero-order chi connectivity index (χ0) is 13.0. The molecular formula is C13H11ClN4. The summed E-state index contributed by atoms with van der Waals surface area (Å²) in [5.74, 6) is 0.719. The molecule has 18 heavy (non-hydrogen) atoms. The van der Waals surface area contributed by atoms with E-state index in [1.165, 1.54) is 6.33 Å². The summed E-state index contributed by atoms with van der Waals surface area (Å²) < 4.78 is 0. The summed E-state index contributed by atoms with van der Waals surface area (Å²) in [6, 6.07) is 11.3. The first-order valence-corrected chi connectivity index (χ1v) is 5.74. The summed E-state index contributed by atoms with van der Waals surface area (Å²) in [5, 5.41) is 9.51. The summed E-state index contributed by atoms with van der Waals surface area (Å²) in [7, 11) is 1.91. The fourth-order valence-corrected chi connectivity index (χ4v) is 1.69. The van der Waals surface area contributed by atoms with E-state index < -0.39 is 0 Å². The van der Waals surface area contributed by atoms with Gasteiger partial charge in [0.2, 0.25) is 0 Å². The van der Waals surface area contributed by atoms with Gasteiger partial charge >= 0.3 is 0 Å². The first-order valence-electron chi connectivity index (χ1n) is 5.37. The van der Waals surface area contributed by atoms with E-state index >= 15 is 0 Å². The molecule has 2 aromatic rings. The predicted molar refractivity (Wildman–Crippen MR) is 70.3 cm³/mol. The zero-order valence-corrected chi connectivity index (χ0v) is 10.6. The normalized spacial score (nSPS) is 9.83. The van der Waals surface area contributed by atoms with Crippen molar-refractivity contribution < 1.29 is 0 Å². The number of rotatable bonds is 3. The second-order valence-electron chi connectivity index (χ2n) is 3.86. The molecule has 0 saturated carbocycles. The minimum absolute atomic E-state index is 0.364. The first kappa shape index (κ1) is 12.3. The van der Waals surface area contributed by atoms with Gasteiger partial charge in [-0.25, -0.2) is 9.97 Å². The maximum absolute atomic E-state index is 8.79. The van der Waals surface area contributed by atoms with Crippen LogP contribution in [0.2, 0.25) is 5.02 Å². The van der Waals surface area contributed by atoms with Crippen LogP contribution in [0.3, 0.4) is 0 Å². The van der Waals surface area contributed by atoms with Gasteiger partial charge in [-0.15, -0.1) is 0 Å². The van der Waals surface area contributed by atoms with Crippen molar-refractivity contribution in [3.8, 4) is 6.07 Å². The van der Waals surface area contributed by atoms with Gasteiger partial charge in [0.05, 0.1) is 0 Å². The highest BCUT2D eigenvalue weighted by molar-refractivity contribution is 6.30. The lowest BCUT2D eigenvalue weighted by Crippen LogP contribution is -2.17. The standard InChI is InChI=1S/C13H11ClN4/c1-18(8-10-2-4-11(14)5-3-10)13-6-12(7-15)16-9-17-13/h2-6,9H,8H2,1H3. The Morgan fingerprint density at radius 2 is 2.00 bits per heavy atom. The molecule has 0 bridgehead atoms. The Hall–Kier alpha value is -2.12. The minimum Gasteiger partial charge on any atom is -0.355 e. The van der Waals surface area contributed by atoms with E-state index in [0.717, 1.165) is 16.4 Å². The van der Waals surface area contributed by atoms with Gasteiger partial charge in [-0.3, -0.25) is 0 Å². The fourth-order valence-electron chi connectivity index (χ4n) is 1.56. The van der Waals surface area contributed by atoms with Crippen molar-refractivity contribution in [2.45, 2.75) is 6.54 Å². The highest BCUT2D eigenvalue weighted by Gasteiger charge is 2.05. The lowest BCUT2D eigenvalue weighted by atomic mass is 10.2. The van der Waals surface area contributed by atoms with Gasteiger partial charge in [0.1, 0.15) is 23.9 Å². The van der Waals surface area contributed by atoms with Crippen LogP contribution in [-0.4, -0.2) is 17.0 Å². The van der Waals surface area contributed by atoms with Crippen LogP contribution in [0.25, 0.3) is 0 Å². The van der Waals surface area contributed by atoms with E-state index in [0.29, 0.717) is 12.2 Å². The Bertz CT molecular complexity index is 574. The number of nitrogens with zero attached hydrogens (tertiary/aromatic N) is 4. The van der Waals surface area contributed by atoms with Crippen molar-refractivity contribution in [1.29, 1.82) is 5.26 Å². The van der Waals surface area contributed by atoms with Gasteiger partial charge in [0.15, 0.2) is 0 Å². The van der Waals surface area contributed by atoms with Crippen LogP contribution in [0.5, 0.6) is 0 Å². The highest BCUT2D eigenvalue weighted by atomic mass is 35.5. The van der Waals surface area contributed by atoms with Gasteiger partial charge < -0.3 is 4.90 Å². The molecule has 0 unspecified atom stereocenters. The van der Waals surface area contributed by atoms with Gasteiger partial charge in [0.25, 0.3) is 0 Å². The third-order valence-corrected chi connectivity index (χ3v) is 2.74. The van der Waals surface area contributed by atoms with Crippen LogP contribution in [-0.2, 0) is 6.54 Å². The average Bonchev–Trinajstić information content (AvgIpc) is 2.41. The Kier molecular flexibility index (Phi) is 3.75. The highest BCUT2D eigenvalue weighted by Crippen LogP contribution is 2.15. The van der Waals surface area contributed by atoms with Crippen LogP contribution in [0.1, 0.15) is 11.3 Å². The van der Waals surface area contributed by atoms with E-state index in [1.807, 2.05) is 42.3 Å². The van der Waals surface area contributed by atoms with Gasteiger partial charge in [-0.1, -0.05) is 23.7 Å². The van der Waals surface area contributed by atoms with Crippen LogP contribution in [0.15, 0.2) is 36.7 Å². The second kappa shape index (κ2) is 5.48. The number of aromatic nitrogens is 2. The number of nitriles is 1. The number of hydrogen-bond acceptors (Lipinski definition) is 4. The molecule has 5 heteroatoms. The molecule has 0 atom stereocenters. The first-order chi connectivity index (χ1) is 8.69. The van der Waals surface area contributed by atoms with Crippen LogP contribution in [0, 0.1) is 11.3 Å². The summed E-state index contributed by atoms with van der Waals surface area (Å²) >= 11 is 5.83. The third-order valence-electron chi connectivity index (χ3n) is 2.49. The van der Waals surface area contributed by atoms with Crippen molar-refractivity contribution in [1.82, 2.24) is 9.97 Å². The summed E-state index contributed by atoms with van der Waals surface area (Å²) in [4.78, 5) is 9.93. The van der Waals surface area contributed by atoms with E-state index in [9.17, 15) is 0 Å². The number of hydrogen-bond donors (Lipinski definition) is 0. The smallest absolute Gasteiger partial charge is 0.145 e. The Labute approximate surface area is 110 Å². The average molecular weight is 259 g/mol. The maximum Gasteiger partial charge on any atom is 0.145 e. The molecule has 0 saturated heterocycles. The molecule has 1 aromatic heterocycles. The van der Waals surface area contributed by atoms with E-state index in [4.69, 9.17) is 16.9 Å². The lowest BCUT2D eigenvalue weighted by molar-refractivity contribution is 0.889. The number of benzene rings is 1. The summed E-state index contributed by atoms with van der Waals surface area (Å²) in [6.07, 6.45) is 1.40. The van der Waals surface area contributed by atoms with E-state index in [2.05, 4.69) is 9.97 Å². The van der Waals surface area contributed by atoms with E-state index in [-0.39, 0.29) is 0 Å². The Morgan fingerprint density at radius 1 is 1.28 bits per heavy atom. The van der Waals surface area contributed by atoms with Crippen LogP contribution >= 0.6 is 11.6 Å². The van der Waals surface area contributed by atoms with Gasteiger partial charge in [0, 0.05) is 24.7 Å². The van der Waals surface area contributed by atoms with Crippen LogP contribution in [0.4, 0.5) is 5.82 Å². The van der Waals surface area contributed by atoms with Crippen molar-refractivity contribution in [3.63, 3.8) is 0 Å². The molecule has 0 amide bonds. The SMILES string of the molecule is CN(Cc1ccc(Cl)cc1)c1cc(C#N)ncn1. The van der Waals surface area contributed by atoms with E-state index in [1.54, 1.807) is 6.07 Å². The molecular weight excluding hydrogens is 248 g/mol. The van der Waals surface area contributed by atoms with Crippen molar-refractivity contribution in [2.24, 2.45) is 0 Å². The monoisotopic (exact) mass is 258 g/mol. The molecule has 4 nitrogen and oxygen atoms in total. The number of halogens is 1.